The maximum absolute atomic E-state index is 11.1. The summed E-state index contributed by atoms with van der Waals surface area (Å²) in [6.45, 7) is 1.79. The molecule has 72 valence electrons. The number of rotatable bonds is 4. The van der Waals surface area contributed by atoms with Crippen molar-refractivity contribution >= 4 is 10.0 Å². The molecule has 0 heterocycles. The molecule has 0 radical (unpaired) electrons. The van der Waals surface area contributed by atoms with Gasteiger partial charge in [0.15, 0.2) is 0 Å². The minimum Gasteiger partial charge on any atom is -0.395 e. The average molecular weight is 193 g/mol. The smallest absolute Gasteiger partial charge is 0.214 e. The van der Waals surface area contributed by atoms with Crippen molar-refractivity contribution in [3.05, 3.63) is 0 Å². The van der Waals surface area contributed by atoms with E-state index in [1.54, 1.807) is 0 Å². The Balaban J connectivity index is 2.31. The second-order valence-corrected chi connectivity index (χ2v) is 5.31. The highest BCUT2D eigenvalue weighted by Crippen LogP contribution is 2.26. The van der Waals surface area contributed by atoms with Gasteiger partial charge in [-0.3, -0.25) is 0 Å². The van der Waals surface area contributed by atoms with Gasteiger partial charge in [-0.05, 0) is 18.8 Å². The zero-order chi connectivity index (χ0) is 9.19. The van der Waals surface area contributed by atoms with Gasteiger partial charge in [0.25, 0.3) is 0 Å². The van der Waals surface area contributed by atoms with Crippen LogP contribution >= 0.6 is 0 Å². The van der Waals surface area contributed by atoms with E-state index in [9.17, 15) is 8.42 Å². The Morgan fingerprint density at radius 3 is 2.50 bits per heavy atom. The van der Waals surface area contributed by atoms with E-state index >= 15 is 0 Å². The lowest BCUT2D eigenvalue weighted by Gasteiger charge is -2.32. The summed E-state index contributed by atoms with van der Waals surface area (Å²) < 4.78 is 24.7. The van der Waals surface area contributed by atoms with Crippen molar-refractivity contribution in [1.82, 2.24) is 4.72 Å². The summed E-state index contributed by atoms with van der Waals surface area (Å²) in [6, 6.07) is 0.108. The summed E-state index contributed by atoms with van der Waals surface area (Å²) in [7, 11) is -3.22. The Bertz CT molecular complexity index is 231. The number of nitrogens with one attached hydrogen (secondary N) is 1. The van der Waals surface area contributed by atoms with E-state index in [1.807, 2.05) is 0 Å². The van der Waals surface area contributed by atoms with E-state index in [-0.39, 0.29) is 18.4 Å². The molecule has 0 aromatic rings. The zero-order valence-electron chi connectivity index (χ0n) is 7.16. The first kappa shape index (κ1) is 9.95. The molecule has 0 unspecified atom stereocenters. The molecule has 0 saturated heterocycles. The van der Waals surface area contributed by atoms with Crippen LogP contribution in [-0.2, 0) is 10.0 Å². The Morgan fingerprint density at radius 2 is 2.08 bits per heavy atom. The van der Waals surface area contributed by atoms with Crippen LogP contribution in [0.5, 0.6) is 0 Å². The third-order valence-corrected chi connectivity index (χ3v) is 3.49. The van der Waals surface area contributed by atoms with E-state index in [0.717, 1.165) is 12.8 Å². The molecule has 0 aromatic carbocycles. The first-order chi connectivity index (χ1) is 5.53. The Labute approximate surface area is 73.0 Å². The predicted octanol–water partition coefficient (Wildman–Crippen LogP) is -0.303. The summed E-state index contributed by atoms with van der Waals surface area (Å²) in [5, 5.41) is 8.44. The number of sulfonamides is 1. The molecule has 5 heteroatoms. The van der Waals surface area contributed by atoms with E-state index < -0.39 is 10.0 Å². The van der Waals surface area contributed by atoms with Crippen molar-refractivity contribution in [3.8, 4) is 0 Å². The zero-order valence-corrected chi connectivity index (χ0v) is 7.97. The van der Waals surface area contributed by atoms with E-state index in [0.29, 0.717) is 5.92 Å². The lowest BCUT2D eigenvalue weighted by Crippen LogP contribution is -2.44. The van der Waals surface area contributed by atoms with Crippen LogP contribution in [0.15, 0.2) is 0 Å². The summed E-state index contributed by atoms with van der Waals surface area (Å²) in [5.41, 5.74) is 0. The molecule has 12 heavy (non-hydrogen) atoms. The third-order valence-electron chi connectivity index (χ3n) is 2.08. The molecule has 1 aliphatic rings. The molecule has 0 atom stereocenters. The normalized spacial score (nSPS) is 29.8. The summed E-state index contributed by atoms with van der Waals surface area (Å²) in [6.07, 6.45) is 1.84. The monoisotopic (exact) mass is 193 g/mol. The molecule has 1 rings (SSSR count). The van der Waals surface area contributed by atoms with Crippen LogP contribution < -0.4 is 4.72 Å². The van der Waals surface area contributed by atoms with Gasteiger partial charge in [0.1, 0.15) is 0 Å². The number of hydrogen-bond donors (Lipinski definition) is 2. The molecule has 0 spiro atoms. The Kier molecular flexibility index (Phi) is 3.09. The molecule has 0 aromatic heterocycles. The van der Waals surface area contributed by atoms with Gasteiger partial charge in [-0.2, -0.15) is 0 Å². The van der Waals surface area contributed by atoms with Gasteiger partial charge in [0.05, 0.1) is 12.4 Å². The maximum atomic E-state index is 11.1. The van der Waals surface area contributed by atoms with Gasteiger partial charge in [-0.1, -0.05) is 6.92 Å². The standard InChI is InChI=1S/C7H15NO3S/c1-6-4-7(5-6)8-12(10,11)3-2-9/h6-9H,2-5H2,1H3. The lowest BCUT2D eigenvalue weighted by atomic mass is 9.83. The number of hydrogen-bond acceptors (Lipinski definition) is 3. The second kappa shape index (κ2) is 3.72. The molecule has 1 saturated carbocycles. The first-order valence-corrected chi connectivity index (χ1v) is 5.79. The van der Waals surface area contributed by atoms with Crippen molar-refractivity contribution in [2.24, 2.45) is 5.92 Å². The van der Waals surface area contributed by atoms with Gasteiger partial charge in [-0.15, -0.1) is 0 Å². The molecule has 1 aliphatic carbocycles. The van der Waals surface area contributed by atoms with Crippen LogP contribution in [0.3, 0.4) is 0 Å². The SMILES string of the molecule is CC1CC(NS(=O)(=O)CCO)C1. The van der Waals surface area contributed by atoms with Crippen LogP contribution in [0.4, 0.5) is 0 Å². The van der Waals surface area contributed by atoms with Crippen molar-refractivity contribution in [1.29, 1.82) is 0 Å². The lowest BCUT2D eigenvalue weighted by molar-refractivity contribution is 0.268. The molecule has 1 fully saturated rings. The van der Waals surface area contributed by atoms with Crippen LogP contribution in [0.25, 0.3) is 0 Å². The molecule has 0 amide bonds. The second-order valence-electron chi connectivity index (χ2n) is 3.43. The molecule has 2 N–H and O–H groups in total. The maximum Gasteiger partial charge on any atom is 0.214 e. The fraction of sp³-hybridized carbons (Fsp3) is 1.00. The highest BCUT2D eigenvalue weighted by atomic mass is 32.2. The van der Waals surface area contributed by atoms with Gasteiger partial charge in [0, 0.05) is 6.04 Å². The van der Waals surface area contributed by atoms with E-state index in [1.165, 1.54) is 0 Å². The first-order valence-electron chi connectivity index (χ1n) is 4.14. The number of aliphatic hydroxyl groups excluding tert-OH is 1. The van der Waals surface area contributed by atoms with Crippen LogP contribution in [0, 0.1) is 5.92 Å². The fourth-order valence-corrected chi connectivity index (χ4v) is 2.49. The van der Waals surface area contributed by atoms with Crippen molar-refractivity contribution < 1.29 is 13.5 Å². The van der Waals surface area contributed by atoms with E-state index in [2.05, 4.69) is 11.6 Å². The van der Waals surface area contributed by atoms with Crippen LogP contribution in [-0.4, -0.2) is 31.9 Å². The molecule has 0 bridgehead atoms. The van der Waals surface area contributed by atoms with Crippen LogP contribution in [0.2, 0.25) is 0 Å². The number of aliphatic hydroxyl groups is 1. The Hall–Kier alpha value is -0.130. The van der Waals surface area contributed by atoms with Gasteiger partial charge < -0.3 is 5.11 Å². The molecular formula is C7H15NO3S. The summed E-state index contributed by atoms with van der Waals surface area (Å²) in [5.74, 6) is 0.449. The minimum absolute atomic E-state index is 0.108. The van der Waals surface area contributed by atoms with Crippen molar-refractivity contribution in [2.75, 3.05) is 12.4 Å². The molecule has 4 nitrogen and oxygen atoms in total. The fourth-order valence-electron chi connectivity index (χ4n) is 1.43. The van der Waals surface area contributed by atoms with Crippen molar-refractivity contribution in [2.45, 2.75) is 25.8 Å². The average Bonchev–Trinajstić information content (AvgIpc) is 1.83. The summed E-state index contributed by atoms with van der Waals surface area (Å²) >= 11 is 0. The molecule has 0 aliphatic heterocycles. The highest BCUT2D eigenvalue weighted by Gasteiger charge is 2.28. The largest absolute Gasteiger partial charge is 0.395 e. The van der Waals surface area contributed by atoms with Gasteiger partial charge in [-0.25, -0.2) is 13.1 Å². The highest BCUT2D eigenvalue weighted by molar-refractivity contribution is 7.89. The van der Waals surface area contributed by atoms with Crippen LogP contribution in [0.1, 0.15) is 19.8 Å². The Morgan fingerprint density at radius 1 is 1.50 bits per heavy atom. The molecular weight excluding hydrogens is 178 g/mol. The van der Waals surface area contributed by atoms with E-state index in [4.69, 9.17) is 5.11 Å². The third kappa shape index (κ3) is 2.73. The van der Waals surface area contributed by atoms with Crippen molar-refractivity contribution in [3.63, 3.8) is 0 Å². The minimum atomic E-state index is -3.22. The quantitative estimate of drug-likeness (QED) is 0.644. The topological polar surface area (TPSA) is 66.4 Å². The van der Waals surface area contributed by atoms with Gasteiger partial charge in [0.2, 0.25) is 10.0 Å². The summed E-state index contributed by atoms with van der Waals surface area (Å²) in [4.78, 5) is 0. The predicted molar refractivity (Wildman–Crippen MR) is 46.2 cm³/mol. The van der Waals surface area contributed by atoms with Gasteiger partial charge >= 0.3 is 0 Å².